The van der Waals surface area contributed by atoms with Crippen molar-refractivity contribution in [1.29, 1.82) is 0 Å². The molecule has 104 valence electrons. The Morgan fingerprint density at radius 1 is 1.11 bits per heavy atom. The van der Waals surface area contributed by atoms with Crippen LogP contribution in [0.2, 0.25) is 0 Å². The average molecular weight is 259 g/mol. The number of imidazole rings is 1. The van der Waals surface area contributed by atoms with E-state index < -0.39 is 0 Å². The van der Waals surface area contributed by atoms with Crippen molar-refractivity contribution in [1.82, 2.24) is 9.55 Å². The van der Waals surface area contributed by atoms with E-state index in [1.54, 1.807) is 0 Å². The predicted octanol–water partition coefficient (Wildman–Crippen LogP) is 3.98. The van der Waals surface area contributed by atoms with Gasteiger partial charge in [0, 0.05) is 20.1 Å². The van der Waals surface area contributed by atoms with Gasteiger partial charge in [0.05, 0.1) is 17.5 Å². The number of hydrogen-bond donors (Lipinski definition) is 0. The summed E-state index contributed by atoms with van der Waals surface area (Å²) in [4.78, 5) is 7.08. The van der Waals surface area contributed by atoms with Gasteiger partial charge in [-0.15, -0.1) is 0 Å². The third-order valence-electron chi connectivity index (χ3n) is 3.64. The summed E-state index contributed by atoms with van der Waals surface area (Å²) in [5.74, 6) is 0. The molecule has 3 nitrogen and oxygen atoms in total. The monoisotopic (exact) mass is 259 g/mol. The minimum atomic E-state index is 1.13. The van der Waals surface area contributed by atoms with Crippen LogP contribution in [0.3, 0.4) is 0 Å². The normalized spacial score (nSPS) is 11.1. The fourth-order valence-electron chi connectivity index (χ4n) is 2.45. The van der Waals surface area contributed by atoms with Crippen molar-refractivity contribution in [2.45, 2.75) is 39.5 Å². The number of fused-ring (bicyclic) bond motifs is 1. The molecule has 0 radical (unpaired) electrons. The van der Waals surface area contributed by atoms with E-state index in [9.17, 15) is 0 Å². The van der Waals surface area contributed by atoms with Crippen LogP contribution >= 0.6 is 0 Å². The predicted molar refractivity (Wildman–Crippen MR) is 82.7 cm³/mol. The van der Waals surface area contributed by atoms with Crippen LogP contribution in [-0.2, 0) is 7.05 Å². The summed E-state index contributed by atoms with van der Waals surface area (Å²) in [6.07, 6.45) is 6.87. The summed E-state index contributed by atoms with van der Waals surface area (Å²) in [6, 6.07) is 6.49. The molecule has 0 saturated carbocycles. The molecule has 1 aromatic carbocycles. The van der Waals surface area contributed by atoms with Crippen LogP contribution in [0.4, 0.5) is 5.69 Å². The Hall–Kier alpha value is -1.51. The molecule has 0 aliphatic carbocycles. The lowest BCUT2D eigenvalue weighted by Crippen LogP contribution is -2.25. The molecule has 2 rings (SSSR count). The third-order valence-corrected chi connectivity index (χ3v) is 3.64. The summed E-state index contributed by atoms with van der Waals surface area (Å²) in [7, 11) is 2.06. The second kappa shape index (κ2) is 6.60. The lowest BCUT2D eigenvalue weighted by atomic mass is 10.2. The van der Waals surface area contributed by atoms with Gasteiger partial charge in [0.15, 0.2) is 0 Å². The number of nitrogens with zero attached hydrogens (tertiary/aromatic N) is 3. The number of aryl methyl sites for hydroxylation is 1. The molecular weight excluding hydrogens is 234 g/mol. The topological polar surface area (TPSA) is 21.1 Å². The second-order valence-corrected chi connectivity index (χ2v) is 5.19. The molecule has 2 aromatic rings. The Bertz CT molecular complexity index is 508. The SMILES string of the molecule is CCCCN(CCCC)c1cccc2c1ncn2C. The lowest BCUT2D eigenvalue weighted by Gasteiger charge is -2.25. The van der Waals surface area contributed by atoms with E-state index in [4.69, 9.17) is 0 Å². The summed E-state index contributed by atoms with van der Waals surface area (Å²) in [5, 5.41) is 0. The molecule has 0 aliphatic rings. The number of unbranched alkanes of at least 4 members (excludes halogenated alkanes) is 2. The minimum absolute atomic E-state index is 1.13. The van der Waals surface area contributed by atoms with Gasteiger partial charge in [-0.25, -0.2) is 4.98 Å². The largest absolute Gasteiger partial charge is 0.370 e. The number of anilines is 1. The first-order chi connectivity index (χ1) is 9.27. The van der Waals surface area contributed by atoms with Crippen molar-refractivity contribution in [3.8, 4) is 0 Å². The van der Waals surface area contributed by atoms with E-state index in [2.05, 4.69) is 53.5 Å². The van der Waals surface area contributed by atoms with E-state index in [-0.39, 0.29) is 0 Å². The van der Waals surface area contributed by atoms with Crippen molar-refractivity contribution in [2.24, 2.45) is 7.05 Å². The van der Waals surface area contributed by atoms with Crippen LogP contribution in [-0.4, -0.2) is 22.6 Å². The maximum absolute atomic E-state index is 4.58. The van der Waals surface area contributed by atoms with Crippen LogP contribution in [0.15, 0.2) is 24.5 Å². The van der Waals surface area contributed by atoms with Crippen molar-refractivity contribution < 1.29 is 0 Å². The molecule has 1 heterocycles. The molecule has 0 aliphatic heterocycles. The summed E-state index contributed by atoms with van der Waals surface area (Å²) in [5.41, 5.74) is 3.65. The van der Waals surface area contributed by atoms with Crippen LogP contribution in [0.1, 0.15) is 39.5 Å². The van der Waals surface area contributed by atoms with Gasteiger partial charge in [-0.1, -0.05) is 32.8 Å². The van der Waals surface area contributed by atoms with Gasteiger partial charge in [0.1, 0.15) is 5.52 Å². The molecule has 0 fully saturated rings. The van der Waals surface area contributed by atoms with Gasteiger partial charge in [-0.2, -0.15) is 0 Å². The molecule has 1 aromatic heterocycles. The molecule has 19 heavy (non-hydrogen) atoms. The van der Waals surface area contributed by atoms with Gasteiger partial charge in [0.25, 0.3) is 0 Å². The second-order valence-electron chi connectivity index (χ2n) is 5.19. The Kier molecular flexibility index (Phi) is 4.83. The quantitative estimate of drug-likeness (QED) is 0.750. The minimum Gasteiger partial charge on any atom is -0.370 e. The Morgan fingerprint density at radius 2 is 1.79 bits per heavy atom. The van der Waals surface area contributed by atoms with E-state index in [0.717, 1.165) is 18.6 Å². The highest BCUT2D eigenvalue weighted by Crippen LogP contribution is 2.25. The van der Waals surface area contributed by atoms with Crippen molar-refractivity contribution in [2.75, 3.05) is 18.0 Å². The van der Waals surface area contributed by atoms with Crippen molar-refractivity contribution >= 4 is 16.7 Å². The molecule has 0 spiro atoms. The van der Waals surface area contributed by atoms with Gasteiger partial charge < -0.3 is 9.47 Å². The molecule has 0 amide bonds. The maximum Gasteiger partial charge on any atom is 0.112 e. The summed E-state index contributed by atoms with van der Waals surface area (Å²) in [6.45, 7) is 6.76. The zero-order valence-corrected chi connectivity index (χ0v) is 12.4. The lowest BCUT2D eigenvalue weighted by molar-refractivity contribution is 0.679. The number of aromatic nitrogens is 2. The van der Waals surface area contributed by atoms with Crippen molar-refractivity contribution in [3.63, 3.8) is 0 Å². The Labute approximate surface area is 116 Å². The summed E-state index contributed by atoms with van der Waals surface area (Å²) < 4.78 is 2.09. The Morgan fingerprint density at radius 3 is 2.42 bits per heavy atom. The van der Waals surface area contributed by atoms with E-state index in [1.165, 1.54) is 36.9 Å². The van der Waals surface area contributed by atoms with Crippen LogP contribution < -0.4 is 4.90 Å². The van der Waals surface area contributed by atoms with E-state index in [0.29, 0.717) is 0 Å². The fraction of sp³-hybridized carbons (Fsp3) is 0.562. The number of hydrogen-bond acceptors (Lipinski definition) is 2. The average Bonchev–Trinajstić information content (AvgIpc) is 2.81. The van der Waals surface area contributed by atoms with Crippen molar-refractivity contribution in [3.05, 3.63) is 24.5 Å². The first-order valence-electron chi connectivity index (χ1n) is 7.43. The molecule has 0 atom stereocenters. The summed E-state index contributed by atoms with van der Waals surface area (Å²) >= 11 is 0. The fourth-order valence-corrected chi connectivity index (χ4v) is 2.45. The third kappa shape index (κ3) is 3.09. The van der Waals surface area contributed by atoms with E-state index >= 15 is 0 Å². The van der Waals surface area contributed by atoms with Gasteiger partial charge in [-0.3, -0.25) is 0 Å². The molecule has 0 N–H and O–H groups in total. The number of rotatable bonds is 7. The van der Waals surface area contributed by atoms with Gasteiger partial charge in [0.2, 0.25) is 0 Å². The molecular formula is C16H25N3. The number of para-hydroxylation sites is 1. The van der Waals surface area contributed by atoms with Gasteiger partial charge >= 0.3 is 0 Å². The Balaban J connectivity index is 2.31. The zero-order valence-electron chi connectivity index (χ0n) is 12.4. The molecule has 0 unspecified atom stereocenters. The van der Waals surface area contributed by atoms with Crippen LogP contribution in [0.5, 0.6) is 0 Å². The molecule has 0 saturated heterocycles. The first-order valence-corrected chi connectivity index (χ1v) is 7.43. The maximum atomic E-state index is 4.58. The smallest absolute Gasteiger partial charge is 0.112 e. The zero-order chi connectivity index (χ0) is 13.7. The highest BCUT2D eigenvalue weighted by molar-refractivity contribution is 5.88. The first kappa shape index (κ1) is 13.9. The highest BCUT2D eigenvalue weighted by Gasteiger charge is 2.11. The van der Waals surface area contributed by atoms with Crippen LogP contribution in [0.25, 0.3) is 11.0 Å². The van der Waals surface area contributed by atoms with E-state index in [1.807, 2.05) is 6.33 Å². The molecule has 0 bridgehead atoms. The van der Waals surface area contributed by atoms with Gasteiger partial charge in [-0.05, 0) is 25.0 Å². The highest BCUT2D eigenvalue weighted by atomic mass is 15.1. The number of benzene rings is 1. The molecule has 3 heteroatoms. The standard InChI is InChI=1S/C16H25N3/c1-4-6-11-19(12-7-5-2)15-10-8-9-14-16(15)17-13-18(14)3/h8-10,13H,4-7,11-12H2,1-3H3. The van der Waals surface area contributed by atoms with Crippen LogP contribution in [0, 0.1) is 0 Å².